The van der Waals surface area contributed by atoms with E-state index in [1.54, 1.807) is 6.20 Å². The van der Waals surface area contributed by atoms with Crippen LogP contribution in [0.2, 0.25) is 0 Å². The van der Waals surface area contributed by atoms with E-state index in [2.05, 4.69) is 80.4 Å². The van der Waals surface area contributed by atoms with E-state index in [0.29, 0.717) is 23.8 Å². The van der Waals surface area contributed by atoms with Crippen molar-refractivity contribution in [3.05, 3.63) is 90.4 Å². The van der Waals surface area contributed by atoms with E-state index >= 15 is 0 Å². The highest BCUT2D eigenvalue weighted by Gasteiger charge is 2.44. The van der Waals surface area contributed by atoms with Crippen molar-refractivity contribution >= 4 is 17.0 Å². The van der Waals surface area contributed by atoms with Crippen LogP contribution in [0.15, 0.2) is 79.2 Å². The van der Waals surface area contributed by atoms with Crippen molar-refractivity contribution in [2.75, 3.05) is 18.8 Å². The Morgan fingerprint density at radius 2 is 1.86 bits per heavy atom. The smallest absolute Gasteiger partial charge is 0.165 e. The molecule has 42 heavy (non-hydrogen) atoms. The molecule has 1 aliphatic carbocycles. The molecule has 1 aromatic carbocycles. The van der Waals surface area contributed by atoms with Gasteiger partial charge in [0.1, 0.15) is 11.3 Å². The topological polar surface area (TPSA) is 76.1 Å². The Hall–Kier alpha value is -4.41. The average Bonchev–Trinajstić information content (AvgIpc) is 3.43. The van der Waals surface area contributed by atoms with Gasteiger partial charge in [-0.3, -0.25) is 9.47 Å². The van der Waals surface area contributed by atoms with Gasteiger partial charge in [0.2, 0.25) is 0 Å². The first-order chi connectivity index (χ1) is 20.6. The van der Waals surface area contributed by atoms with Crippen LogP contribution < -0.4 is 5.73 Å². The summed E-state index contributed by atoms with van der Waals surface area (Å²) >= 11 is 0. The largest absolute Gasteiger partial charge is 0.383 e. The quantitative estimate of drug-likeness (QED) is 0.221. The number of aromatic nitrogens is 4. The van der Waals surface area contributed by atoms with Crippen LogP contribution in [0.1, 0.15) is 56.7 Å². The van der Waals surface area contributed by atoms with Gasteiger partial charge >= 0.3 is 0 Å². The molecule has 4 aliphatic rings. The van der Waals surface area contributed by atoms with E-state index < -0.39 is 0 Å². The highest BCUT2D eigenvalue weighted by molar-refractivity contribution is 5.83. The van der Waals surface area contributed by atoms with Gasteiger partial charge in [-0.2, -0.15) is 0 Å². The molecule has 3 fully saturated rings. The third kappa shape index (κ3) is 5.08. The lowest BCUT2D eigenvalue weighted by atomic mass is 9.86. The van der Waals surface area contributed by atoms with Crippen molar-refractivity contribution < 1.29 is 0 Å². The Morgan fingerprint density at radius 1 is 1.07 bits per heavy atom. The van der Waals surface area contributed by atoms with E-state index in [1.807, 2.05) is 26.0 Å². The summed E-state index contributed by atoms with van der Waals surface area (Å²) in [7, 11) is 0. The van der Waals surface area contributed by atoms with E-state index in [4.69, 9.17) is 22.1 Å². The summed E-state index contributed by atoms with van der Waals surface area (Å²) in [6.07, 6.45) is 16.5. The van der Waals surface area contributed by atoms with Gasteiger partial charge in [-0.15, -0.1) is 6.42 Å². The summed E-state index contributed by atoms with van der Waals surface area (Å²) in [6, 6.07) is 17.9. The van der Waals surface area contributed by atoms with Crippen LogP contribution in [0.25, 0.3) is 28.2 Å². The van der Waals surface area contributed by atoms with Crippen molar-refractivity contribution in [2.24, 2.45) is 0 Å². The second-order valence-corrected chi connectivity index (χ2v) is 11.1. The zero-order chi connectivity index (χ0) is 29.2. The molecule has 3 unspecified atom stereocenters. The summed E-state index contributed by atoms with van der Waals surface area (Å²) < 4.78 is 2.13. The highest BCUT2D eigenvalue weighted by atomic mass is 15.4. The van der Waals surface area contributed by atoms with Crippen LogP contribution in [-0.2, 0) is 6.54 Å². The maximum absolute atomic E-state index is 6.33. The van der Waals surface area contributed by atoms with Crippen LogP contribution in [0.4, 0.5) is 5.82 Å². The summed E-state index contributed by atoms with van der Waals surface area (Å²) in [6.45, 7) is 10.9. The SMILES string of the molecule is C#CC(=C)N1CC2CC(C1)N2Cc1ccc(-n2c(-c3cccnc3N)nc3ccc(C4C=CCCC4)nc32)cc1.CC. The van der Waals surface area contributed by atoms with E-state index in [0.717, 1.165) is 72.1 Å². The number of piperidine rings is 1. The Kier molecular flexibility index (Phi) is 7.82. The Bertz CT molecular complexity index is 1650. The van der Waals surface area contributed by atoms with Gasteiger partial charge in [-0.25, -0.2) is 15.0 Å². The van der Waals surface area contributed by atoms with Crippen molar-refractivity contribution in [1.82, 2.24) is 29.3 Å². The fourth-order valence-electron chi connectivity index (χ4n) is 6.49. The number of allylic oxidation sites excluding steroid dienone is 3. The molecule has 3 saturated heterocycles. The number of fused-ring (bicyclic) bond motifs is 3. The summed E-state index contributed by atoms with van der Waals surface area (Å²) in [4.78, 5) is 19.3. The lowest BCUT2D eigenvalue weighted by molar-refractivity contribution is -0.0626. The molecular formula is C35H39N7. The number of piperazine rings is 1. The molecule has 3 aromatic heterocycles. The normalized spacial score (nSPS) is 21.3. The molecule has 0 spiro atoms. The summed E-state index contributed by atoms with van der Waals surface area (Å²) in [5, 5.41) is 0. The minimum Gasteiger partial charge on any atom is -0.383 e. The third-order valence-corrected chi connectivity index (χ3v) is 8.69. The molecule has 3 atom stereocenters. The lowest BCUT2D eigenvalue weighted by Crippen LogP contribution is -2.67. The lowest BCUT2D eigenvalue weighted by Gasteiger charge is -2.57. The van der Waals surface area contributed by atoms with Gasteiger partial charge in [0.05, 0.1) is 11.3 Å². The Balaban J connectivity index is 0.00000155. The van der Waals surface area contributed by atoms with Gasteiger partial charge in [0, 0.05) is 55.2 Å². The van der Waals surface area contributed by atoms with Crippen LogP contribution in [-0.4, -0.2) is 54.5 Å². The molecule has 2 bridgehead atoms. The minimum atomic E-state index is 0.334. The van der Waals surface area contributed by atoms with Crippen LogP contribution in [0.3, 0.4) is 0 Å². The van der Waals surface area contributed by atoms with Gasteiger partial charge in [-0.05, 0) is 67.6 Å². The fourth-order valence-corrected chi connectivity index (χ4v) is 6.49. The molecule has 0 saturated carbocycles. The van der Waals surface area contributed by atoms with Crippen molar-refractivity contribution in [2.45, 2.75) is 64.1 Å². The summed E-state index contributed by atoms with van der Waals surface area (Å²) in [5.41, 5.74) is 13.0. The van der Waals surface area contributed by atoms with E-state index in [1.165, 1.54) is 18.4 Å². The minimum absolute atomic E-state index is 0.334. The molecule has 4 aromatic rings. The molecule has 7 heteroatoms. The summed E-state index contributed by atoms with van der Waals surface area (Å²) in [5.74, 6) is 4.24. The molecule has 6 heterocycles. The second kappa shape index (κ2) is 11.8. The predicted molar refractivity (Wildman–Crippen MR) is 171 cm³/mol. The van der Waals surface area contributed by atoms with Gasteiger partial charge in [0.25, 0.3) is 0 Å². The van der Waals surface area contributed by atoms with Crippen molar-refractivity contribution in [1.29, 1.82) is 0 Å². The molecular weight excluding hydrogens is 518 g/mol. The maximum atomic E-state index is 6.33. The number of hydrogen-bond donors (Lipinski definition) is 1. The first-order valence-electron chi connectivity index (χ1n) is 15.1. The Morgan fingerprint density at radius 3 is 2.55 bits per heavy atom. The number of terminal acetylenes is 1. The standard InChI is InChI=1S/C33H33N7.C2H6/c1-3-22(2)38-20-26-18-27(21-38)39(26)19-23-11-13-25(14-12-23)40-32(28-10-7-17-35-31(28)34)37-30-16-15-29(36-33(30)40)24-8-5-4-6-9-24;1-2/h1,5,7-8,10-17,24,26-27H,2,4,6,9,18-21H2,(H2,34,35);1-2H3. The average molecular weight is 558 g/mol. The van der Waals surface area contributed by atoms with Gasteiger partial charge in [0.15, 0.2) is 11.5 Å². The highest BCUT2D eigenvalue weighted by Crippen LogP contribution is 2.36. The number of anilines is 1. The zero-order valence-corrected chi connectivity index (χ0v) is 24.6. The van der Waals surface area contributed by atoms with Crippen molar-refractivity contribution in [3.63, 3.8) is 0 Å². The van der Waals surface area contributed by atoms with Gasteiger partial charge < -0.3 is 10.6 Å². The van der Waals surface area contributed by atoms with Crippen LogP contribution in [0.5, 0.6) is 0 Å². The van der Waals surface area contributed by atoms with E-state index in [-0.39, 0.29) is 0 Å². The number of pyridine rings is 2. The van der Waals surface area contributed by atoms with Gasteiger partial charge in [-0.1, -0.05) is 50.6 Å². The fraction of sp³-hybridized carbons (Fsp3) is 0.343. The first-order valence-corrected chi connectivity index (χ1v) is 15.1. The van der Waals surface area contributed by atoms with Crippen molar-refractivity contribution in [3.8, 4) is 29.4 Å². The predicted octanol–water partition coefficient (Wildman–Crippen LogP) is 6.32. The number of benzene rings is 1. The molecule has 7 nitrogen and oxygen atoms in total. The monoisotopic (exact) mass is 557 g/mol. The molecule has 0 amide bonds. The second-order valence-electron chi connectivity index (χ2n) is 11.1. The number of nitrogen functional groups attached to an aromatic ring is 1. The molecule has 2 N–H and O–H groups in total. The maximum Gasteiger partial charge on any atom is 0.165 e. The molecule has 3 aliphatic heterocycles. The number of rotatable bonds is 6. The Labute approximate surface area is 248 Å². The number of imidazole rings is 1. The van der Waals surface area contributed by atoms with Crippen LogP contribution in [0, 0.1) is 12.3 Å². The van der Waals surface area contributed by atoms with Crippen LogP contribution >= 0.6 is 0 Å². The molecule has 8 rings (SSSR count). The number of nitrogens with zero attached hydrogens (tertiary/aromatic N) is 6. The molecule has 214 valence electrons. The first kappa shape index (κ1) is 27.7. The number of nitrogens with two attached hydrogens (primary N) is 1. The zero-order valence-electron chi connectivity index (χ0n) is 24.6. The third-order valence-electron chi connectivity index (χ3n) is 8.69. The van der Waals surface area contributed by atoms with E-state index in [9.17, 15) is 0 Å². The number of hydrogen-bond acceptors (Lipinski definition) is 6. The molecule has 0 radical (unpaired) electrons.